The van der Waals surface area contributed by atoms with Crippen molar-refractivity contribution < 1.29 is 4.79 Å². The Labute approximate surface area is 112 Å². The summed E-state index contributed by atoms with van der Waals surface area (Å²) in [6, 6.07) is 3.61. The van der Waals surface area contributed by atoms with E-state index in [0.717, 1.165) is 18.7 Å². The molecular weight excluding hydrogens is 250 g/mol. The Morgan fingerprint density at radius 2 is 2.11 bits per heavy atom. The topological polar surface area (TPSA) is 72.3 Å². The summed E-state index contributed by atoms with van der Waals surface area (Å²) in [5.41, 5.74) is 12.7. The number of hydrogen-bond donors (Lipinski definition) is 2. The molecule has 0 bridgehead atoms. The summed E-state index contributed by atoms with van der Waals surface area (Å²) < 4.78 is 0. The monoisotopic (exact) mass is 267 g/mol. The van der Waals surface area contributed by atoms with Gasteiger partial charge in [-0.25, -0.2) is 0 Å². The summed E-state index contributed by atoms with van der Waals surface area (Å²) >= 11 is 6.24. The fourth-order valence-corrected chi connectivity index (χ4v) is 3.05. The highest BCUT2D eigenvalue weighted by molar-refractivity contribution is 6.34. The Hall–Kier alpha value is -1.42. The molecule has 0 aliphatic carbocycles. The maximum Gasteiger partial charge on any atom is 0.250 e. The van der Waals surface area contributed by atoms with Crippen LogP contribution in [0, 0.1) is 5.92 Å². The molecule has 98 valence electrons. The van der Waals surface area contributed by atoms with E-state index in [9.17, 15) is 4.79 Å². The van der Waals surface area contributed by atoms with Crippen LogP contribution in [0.15, 0.2) is 12.1 Å². The van der Waals surface area contributed by atoms with Crippen LogP contribution < -0.4 is 16.4 Å². The van der Waals surface area contributed by atoms with E-state index in [1.807, 2.05) is 0 Å². The molecule has 1 heterocycles. The Balaban J connectivity index is 2.52. The first-order valence-electron chi connectivity index (χ1n) is 6.05. The second-order valence-electron chi connectivity index (χ2n) is 5.11. The molecule has 1 fully saturated rings. The lowest BCUT2D eigenvalue weighted by molar-refractivity contribution is 0.100. The van der Waals surface area contributed by atoms with Crippen LogP contribution in [0.5, 0.6) is 0 Å². The molecule has 5 heteroatoms. The molecule has 0 radical (unpaired) electrons. The molecule has 4 N–H and O–H groups in total. The first-order valence-corrected chi connectivity index (χ1v) is 6.43. The van der Waals surface area contributed by atoms with Crippen LogP contribution >= 0.6 is 11.6 Å². The van der Waals surface area contributed by atoms with E-state index in [1.54, 1.807) is 12.1 Å². The lowest BCUT2D eigenvalue weighted by Crippen LogP contribution is -2.30. The van der Waals surface area contributed by atoms with Gasteiger partial charge in [-0.05, 0) is 31.4 Å². The third kappa shape index (κ3) is 2.25. The highest BCUT2D eigenvalue weighted by Crippen LogP contribution is 2.37. The van der Waals surface area contributed by atoms with Crippen LogP contribution in [-0.2, 0) is 0 Å². The van der Waals surface area contributed by atoms with Crippen molar-refractivity contribution in [1.82, 2.24) is 0 Å². The summed E-state index contributed by atoms with van der Waals surface area (Å²) in [6.07, 6.45) is 1.08. The number of halogens is 1. The Kier molecular flexibility index (Phi) is 3.39. The first kappa shape index (κ1) is 13.0. The molecule has 0 aromatic heterocycles. The van der Waals surface area contributed by atoms with E-state index in [1.165, 1.54) is 0 Å². The van der Waals surface area contributed by atoms with Crippen LogP contribution in [-0.4, -0.2) is 18.5 Å². The van der Waals surface area contributed by atoms with Gasteiger partial charge in [-0.1, -0.05) is 18.5 Å². The number of anilines is 2. The minimum absolute atomic E-state index is 0.347. The van der Waals surface area contributed by atoms with Gasteiger partial charge in [-0.2, -0.15) is 0 Å². The molecule has 1 aromatic carbocycles. The SMILES string of the molecule is CC1CC(C)N(c2c(Cl)cc(N)cc2C(N)=O)C1. The third-order valence-corrected chi connectivity index (χ3v) is 3.71. The predicted molar refractivity (Wildman–Crippen MR) is 75.0 cm³/mol. The highest BCUT2D eigenvalue weighted by Gasteiger charge is 2.30. The normalized spacial score (nSPS) is 23.4. The Morgan fingerprint density at radius 1 is 1.44 bits per heavy atom. The molecular formula is C13H18ClN3O. The van der Waals surface area contributed by atoms with Crippen molar-refractivity contribution in [2.45, 2.75) is 26.3 Å². The van der Waals surface area contributed by atoms with Gasteiger partial charge in [-0.3, -0.25) is 4.79 Å². The molecule has 1 aliphatic heterocycles. The molecule has 1 saturated heterocycles. The van der Waals surface area contributed by atoms with E-state index in [0.29, 0.717) is 28.2 Å². The number of nitrogen functional groups attached to an aromatic ring is 1. The second kappa shape index (κ2) is 4.69. The fraction of sp³-hybridized carbons (Fsp3) is 0.462. The van der Waals surface area contributed by atoms with Gasteiger partial charge in [0.05, 0.1) is 16.3 Å². The molecule has 0 spiro atoms. The van der Waals surface area contributed by atoms with Crippen molar-refractivity contribution >= 4 is 28.9 Å². The molecule has 0 saturated carbocycles. The van der Waals surface area contributed by atoms with Crippen molar-refractivity contribution in [3.8, 4) is 0 Å². The molecule has 2 atom stereocenters. The first-order chi connectivity index (χ1) is 8.40. The van der Waals surface area contributed by atoms with E-state index >= 15 is 0 Å². The van der Waals surface area contributed by atoms with Gasteiger partial charge in [0.25, 0.3) is 5.91 Å². The van der Waals surface area contributed by atoms with E-state index in [-0.39, 0.29) is 0 Å². The highest BCUT2D eigenvalue weighted by atomic mass is 35.5. The molecule has 2 rings (SSSR count). The number of rotatable bonds is 2. The van der Waals surface area contributed by atoms with Gasteiger partial charge in [0.1, 0.15) is 0 Å². The van der Waals surface area contributed by atoms with Crippen molar-refractivity contribution in [2.24, 2.45) is 11.7 Å². The lowest BCUT2D eigenvalue weighted by Gasteiger charge is -2.27. The van der Waals surface area contributed by atoms with E-state index in [2.05, 4.69) is 18.7 Å². The smallest absolute Gasteiger partial charge is 0.250 e. The number of hydrogen-bond acceptors (Lipinski definition) is 3. The van der Waals surface area contributed by atoms with Crippen LogP contribution in [0.4, 0.5) is 11.4 Å². The average Bonchev–Trinajstić information content (AvgIpc) is 2.56. The predicted octanol–water partition coefficient (Wildman–Crippen LogP) is 2.26. The molecule has 18 heavy (non-hydrogen) atoms. The van der Waals surface area contributed by atoms with Crippen molar-refractivity contribution in [1.29, 1.82) is 0 Å². The molecule has 1 aromatic rings. The minimum Gasteiger partial charge on any atom is -0.399 e. The molecule has 1 aliphatic rings. The van der Waals surface area contributed by atoms with Gasteiger partial charge in [0.2, 0.25) is 0 Å². The van der Waals surface area contributed by atoms with Crippen LogP contribution in [0.25, 0.3) is 0 Å². The zero-order chi connectivity index (χ0) is 13.4. The zero-order valence-corrected chi connectivity index (χ0v) is 11.4. The largest absolute Gasteiger partial charge is 0.399 e. The van der Waals surface area contributed by atoms with Crippen LogP contribution in [0.3, 0.4) is 0 Å². The molecule has 2 unspecified atom stereocenters. The lowest BCUT2D eigenvalue weighted by atomic mass is 10.1. The number of carbonyl (C=O) groups is 1. The summed E-state index contributed by atoms with van der Waals surface area (Å²) in [5.74, 6) is 0.0836. The van der Waals surface area contributed by atoms with Crippen LogP contribution in [0.1, 0.15) is 30.6 Å². The Morgan fingerprint density at radius 3 is 2.61 bits per heavy atom. The number of amides is 1. The summed E-state index contributed by atoms with van der Waals surface area (Å²) in [7, 11) is 0. The summed E-state index contributed by atoms with van der Waals surface area (Å²) in [6.45, 7) is 5.19. The number of benzene rings is 1. The maximum absolute atomic E-state index is 11.6. The van der Waals surface area contributed by atoms with Crippen molar-refractivity contribution in [3.63, 3.8) is 0 Å². The number of carbonyl (C=O) groups excluding carboxylic acids is 1. The van der Waals surface area contributed by atoms with Gasteiger partial charge < -0.3 is 16.4 Å². The van der Waals surface area contributed by atoms with Gasteiger partial charge in [0.15, 0.2) is 0 Å². The average molecular weight is 268 g/mol. The van der Waals surface area contributed by atoms with E-state index in [4.69, 9.17) is 23.1 Å². The summed E-state index contributed by atoms with van der Waals surface area (Å²) in [5, 5.41) is 0.491. The second-order valence-corrected chi connectivity index (χ2v) is 5.51. The number of nitrogens with zero attached hydrogens (tertiary/aromatic N) is 1. The minimum atomic E-state index is -0.494. The van der Waals surface area contributed by atoms with Gasteiger partial charge in [-0.15, -0.1) is 0 Å². The number of primary amides is 1. The van der Waals surface area contributed by atoms with Crippen molar-refractivity contribution in [2.75, 3.05) is 17.2 Å². The van der Waals surface area contributed by atoms with Crippen molar-refractivity contribution in [3.05, 3.63) is 22.7 Å². The standard InChI is InChI=1S/C13H18ClN3O/c1-7-3-8(2)17(6-7)12-10(13(16)18)4-9(15)5-11(12)14/h4-5,7-8H,3,6,15H2,1-2H3,(H2,16,18). The zero-order valence-electron chi connectivity index (χ0n) is 10.6. The quantitative estimate of drug-likeness (QED) is 0.808. The third-order valence-electron chi connectivity index (χ3n) is 3.42. The fourth-order valence-electron chi connectivity index (χ4n) is 2.71. The number of nitrogens with two attached hydrogens (primary N) is 2. The molecule has 4 nitrogen and oxygen atoms in total. The van der Waals surface area contributed by atoms with Gasteiger partial charge >= 0.3 is 0 Å². The van der Waals surface area contributed by atoms with Gasteiger partial charge in [0, 0.05) is 18.3 Å². The Bertz CT molecular complexity index is 489. The molecule has 1 amide bonds. The summed E-state index contributed by atoms with van der Waals surface area (Å²) in [4.78, 5) is 13.7. The maximum atomic E-state index is 11.6. The van der Waals surface area contributed by atoms with E-state index < -0.39 is 5.91 Å². The van der Waals surface area contributed by atoms with Crippen LogP contribution in [0.2, 0.25) is 5.02 Å².